The van der Waals surface area contributed by atoms with E-state index in [0.29, 0.717) is 25.3 Å². The van der Waals surface area contributed by atoms with Crippen molar-refractivity contribution in [1.29, 1.82) is 0 Å². The molecule has 1 aromatic carbocycles. The highest BCUT2D eigenvalue weighted by atomic mass is 19.1. The first kappa shape index (κ1) is 17.9. The van der Waals surface area contributed by atoms with Crippen LogP contribution in [0.4, 0.5) is 4.39 Å². The lowest BCUT2D eigenvalue weighted by Gasteiger charge is -2.28. The molecule has 0 aliphatic carbocycles. The topological polar surface area (TPSA) is 41.9 Å². The van der Waals surface area contributed by atoms with Gasteiger partial charge >= 0.3 is 0 Å². The quantitative estimate of drug-likeness (QED) is 0.761. The fraction of sp³-hybridized carbons (Fsp3) is 0.625. The van der Waals surface area contributed by atoms with Crippen LogP contribution in [0.2, 0.25) is 0 Å². The van der Waals surface area contributed by atoms with Gasteiger partial charge in [-0.3, -0.25) is 4.90 Å². The zero-order chi connectivity index (χ0) is 15.8. The second-order valence-electron chi connectivity index (χ2n) is 5.09. The Balaban J connectivity index is 2.71. The highest BCUT2D eigenvalue weighted by molar-refractivity contribution is 5.36. The summed E-state index contributed by atoms with van der Waals surface area (Å²) in [4.78, 5) is 2.19. The zero-order valence-corrected chi connectivity index (χ0v) is 13.3. The predicted molar refractivity (Wildman–Crippen MR) is 81.1 cm³/mol. The van der Waals surface area contributed by atoms with E-state index in [2.05, 4.69) is 18.7 Å². The summed E-state index contributed by atoms with van der Waals surface area (Å²) in [6, 6.07) is 4.83. The van der Waals surface area contributed by atoms with Gasteiger partial charge in [0.15, 0.2) is 0 Å². The molecule has 0 amide bonds. The Morgan fingerprint density at radius 1 is 1.33 bits per heavy atom. The second kappa shape index (κ2) is 8.97. The maximum absolute atomic E-state index is 13.9. The number of hydrogen-bond donors (Lipinski definition) is 1. The molecule has 0 saturated heterocycles. The van der Waals surface area contributed by atoms with Gasteiger partial charge in [0, 0.05) is 19.7 Å². The summed E-state index contributed by atoms with van der Waals surface area (Å²) in [7, 11) is 3.15. The number of methoxy groups -OCH3 is 2. The van der Waals surface area contributed by atoms with Crippen LogP contribution < -0.4 is 4.74 Å². The molecule has 120 valence electrons. The lowest BCUT2D eigenvalue weighted by atomic mass is 10.0. The van der Waals surface area contributed by atoms with Gasteiger partial charge in [0.05, 0.1) is 25.4 Å². The van der Waals surface area contributed by atoms with Crippen molar-refractivity contribution in [3.8, 4) is 5.75 Å². The van der Waals surface area contributed by atoms with Gasteiger partial charge in [0.25, 0.3) is 0 Å². The first-order valence-corrected chi connectivity index (χ1v) is 7.28. The van der Waals surface area contributed by atoms with Crippen LogP contribution >= 0.6 is 0 Å². The fourth-order valence-electron chi connectivity index (χ4n) is 2.49. The lowest BCUT2D eigenvalue weighted by molar-refractivity contribution is 0.0825. The number of likely N-dealkylation sites (N-methyl/N-ethyl adjacent to an activating group) is 1. The molecule has 21 heavy (non-hydrogen) atoms. The lowest BCUT2D eigenvalue weighted by Crippen LogP contribution is -2.37. The van der Waals surface area contributed by atoms with Crippen LogP contribution in [-0.2, 0) is 4.74 Å². The molecule has 0 heterocycles. The molecule has 0 fully saturated rings. The summed E-state index contributed by atoms with van der Waals surface area (Å²) in [6.45, 7) is 6.28. The van der Waals surface area contributed by atoms with E-state index in [1.54, 1.807) is 19.2 Å². The van der Waals surface area contributed by atoms with E-state index in [4.69, 9.17) is 9.47 Å². The third-order valence-electron chi connectivity index (χ3n) is 3.69. The molecule has 1 aromatic rings. The third kappa shape index (κ3) is 4.95. The molecule has 0 aliphatic rings. The molecule has 2 atom stereocenters. The van der Waals surface area contributed by atoms with E-state index in [1.807, 2.05) is 0 Å². The molecule has 2 unspecified atom stereocenters. The number of halogens is 1. The first-order valence-electron chi connectivity index (χ1n) is 7.28. The second-order valence-corrected chi connectivity index (χ2v) is 5.09. The third-order valence-corrected chi connectivity index (χ3v) is 3.69. The Kier molecular flexibility index (Phi) is 7.64. The minimum Gasteiger partial charge on any atom is -0.496 e. The Hall–Kier alpha value is -1.17. The van der Waals surface area contributed by atoms with Gasteiger partial charge in [0.2, 0.25) is 0 Å². The van der Waals surface area contributed by atoms with Crippen LogP contribution in [0.25, 0.3) is 0 Å². The van der Waals surface area contributed by atoms with Crippen LogP contribution in [0.15, 0.2) is 18.2 Å². The molecule has 0 bridgehead atoms. The molecule has 4 nitrogen and oxygen atoms in total. The first-order chi connectivity index (χ1) is 10.0. The minimum absolute atomic E-state index is 0.232. The van der Waals surface area contributed by atoms with Crippen LogP contribution in [-0.4, -0.2) is 50.0 Å². The summed E-state index contributed by atoms with van der Waals surface area (Å²) < 4.78 is 24.2. The van der Waals surface area contributed by atoms with Crippen molar-refractivity contribution in [1.82, 2.24) is 4.90 Å². The molecule has 1 rings (SSSR count). The predicted octanol–water partition coefficient (Wildman–Crippen LogP) is 2.61. The van der Waals surface area contributed by atoms with E-state index in [-0.39, 0.29) is 11.6 Å². The van der Waals surface area contributed by atoms with Crippen molar-refractivity contribution in [2.24, 2.45) is 0 Å². The average Bonchev–Trinajstić information content (AvgIpc) is 2.47. The van der Waals surface area contributed by atoms with Crippen LogP contribution in [0.3, 0.4) is 0 Å². The molecule has 1 N–H and O–H groups in total. The van der Waals surface area contributed by atoms with Crippen molar-refractivity contribution in [2.75, 3.05) is 33.9 Å². The zero-order valence-electron chi connectivity index (χ0n) is 13.3. The molecule has 0 saturated carbocycles. The number of benzene rings is 1. The number of aliphatic hydroxyl groups excluding tert-OH is 1. The smallest absolute Gasteiger partial charge is 0.132 e. The Bertz CT molecular complexity index is 428. The van der Waals surface area contributed by atoms with Crippen molar-refractivity contribution in [3.05, 3.63) is 29.6 Å². The van der Waals surface area contributed by atoms with Crippen molar-refractivity contribution < 1.29 is 19.0 Å². The molecule has 0 aromatic heterocycles. The van der Waals surface area contributed by atoms with Crippen LogP contribution in [0.5, 0.6) is 5.75 Å². The van der Waals surface area contributed by atoms with Gasteiger partial charge in [-0.15, -0.1) is 0 Å². The van der Waals surface area contributed by atoms with E-state index in [9.17, 15) is 9.50 Å². The maximum atomic E-state index is 13.9. The normalized spacial score (nSPS) is 14.2. The number of nitrogens with zero attached hydrogens (tertiary/aromatic N) is 1. The van der Waals surface area contributed by atoms with Gasteiger partial charge in [-0.2, -0.15) is 0 Å². The SMILES string of the molecule is CCN(CCC(O)c1c(F)cccc1OC)C(C)COC. The highest BCUT2D eigenvalue weighted by Crippen LogP contribution is 2.29. The van der Waals surface area contributed by atoms with Gasteiger partial charge in [-0.05, 0) is 32.0 Å². The van der Waals surface area contributed by atoms with E-state index in [0.717, 1.165) is 6.54 Å². The number of hydrogen-bond acceptors (Lipinski definition) is 4. The highest BCUT2D eigenvalue weighted by Gasteiger charge is 2.20. The largest absolute Gasteiger partial charge is 0.496 e. The molecular weight excluding hydrogens is 273 g/mol. The van der Waals surface area contributed by atoms with E-state index in [1.165, 1.54) is 13.2 Å². The molecule has 5 heteroatoms. The van der Waals surface area contributed by atoms with Crippen LogP contribution in [0, 0.1) is 5.82 Å². The number of aliphatic hydroxyl groups is 1. The number of rotatable bonds is 9. The summed E-state index contributed by atoms with van der Waals surface area (Å²) in [5, 5.41) is 10.3. The summed E-state index contributed by atoms with van der Waals surface area (Å²) in [5.74, 6) is -0.0506. The molecule has 0 radical (unpaired) electrons. The van der Waals surface area contributed by atoms with E-state index >= 15 is 0 Å². The summed E-state index contributed by atoms with van der Waals surface area (Å²) in [6.07, 6.45) is -0.441. The Morgan fingerprint density at radius 2 is 2.05 bits per heavy atom. The fourth-order valence-corrected chi connectivity index (χ4v) is 2.49. The van der Waals surface area contributed by atoms with Gasteiger partial charge < -0.3 is 14.6 Å². The molecular formula is C16H26FNO3. The molecule has 0 aliphatic heterocycles. The number of ether oxygens (including phenoxy) is 2. The average molecular weight is 299 g/mol. The Morgan fingerprint density at radius 3 is 2.62 bits per heavy atom. The van der Waals surface area contributed by atoms with Gasteiger partial charge in [0.1, 0.15) is 11.6 Å². The van der Waals surface area contributed by atoms with E-state index < -0.39 is 11.9 Å². The minimum atomic E-state index is -0.884. The maximum Gasteiger partial charge on any atom is 0.132 e. The summed E-state index contributed by atoms with van der Waals surface area (Å²) in [5.41, 5.74) is 0.232. The standard InChI is InChI=1S/C16H26FNO3/c1-5-18(12(2)11-20-3)10-9-14(19)16-13(17)7-6-8-15(16)21-4/h6-8,12,14,19H,5,9-11H2,1-4H3. The van der Waals surface area contributed by atoms with Gasteiger partial charge in [-0.1, -0.05) is 13.0 Å². The van der Waals surface area contributed by atoms with Crippen molar-refractivity contribution >= 4 is 0 Å². The van der Waals surface area contributed by atoms with Crippen LogP contribution in [0.1, 0.15) is 31.9 Å². The monoisotopic (exact) mass is 299 g/mol. The Labute approximate surface area is 126 Å². The molecule has 0 spiro atoms. The van der Waals surface area contributed by atoms with Crippen molar-refractivity contribution in [3.63, 3.8) is 0 Å². The van der Waals surface area contributed by atoms with Gasteiger partial charge in [-0.25, -0.2) is 4.39 Å². The summed E-state index contributed by atoms with van der Waals surface area (Å²) >= 11 is 0. The van der Waals surface area contributed by atoms with Crippen molar-refractivity contribution in [2.45, 2.75) is 32.4 Å².